The zero-order valence-corrected chi connectivity index (χ0v) is 17.7. The van der Waals surface area contributed by atoms with Gasteiger partial charge in [0, 0.05) is 23.3 Å². The molecule has 0 amide bonds. The smallest absolute Gasteiger partial charge is 0.116 e. The summed E-state index contributed by atoms with van der Waals surface area (Å²) in [6.07, 6.45) is 15.0. The van der Waals surface area contributed by atoms with Crippen molar-refractivity contribution in [3.63, 3.8) is 0 Å². The lowest BCUT2D eigenvalue weighted by molar-refractivity contribution is 0.707. The average Bonchev–Trinajstić information content (AvgIpc) is 3.50. The van der Waals surface area contributed by atoms with Crippen LogP contribution in [0.1, 0.15) is 19.0 Å². The van der Waals surface area contributed by atoms with Gasteiger partial charge >= 0.3 is 0 Å². The summed E-state index contributed by atoms with van der Waals surface area (Å²) >= 11 is 0. The number of fused-ring (bicyclic) bond motifs is 1. The molecule has 0 saturated heterocycles. The first-order valence-electron chi connectivity index (χ1n) is 10.4. The quantitative estimate of drug-likeness (QED) is 0.482. The minimum atomic E-state index is 0.808. The molecule has 0 unspecified atom stereocenters. The fourth-order valence-corrected chi connectivity index (χ4v) is 3.96. The Morgan fingerprint density at radius 1 is 1.29 bits per heavy atom. The molecule has 0 bridgehead atoms. The van der Waals surface area contributed by atoms with Gasteiger partial charge in [0.2, 0.25) is 0 Å². The zero-order chi connectivity index (χ0) is 21.4. The Labute approximate surface area is 179 Å². The van der Waals surface area contributed by atoms with Crippen LogP contribution in [0.3, 0.4) is 0 Å². The number of pyridine rings is 1. The molecular formula is C24H25N7. The van der Waals surface area contributed by atoms with Gasteiger partial charge < -0.3 is 14.9 Å². The number of nitrogens with one attached hydrogen (secondary N) is 3. The standard InChI is InChI=1S/C24H25N7/c1-15(18-6-8-25-9-7-18)4-5-20-17(3)24(30-29-20)21-10-19-22(28-21)11-26-12-23(19)31-13-16(2)27-14-31/h4-6,10-14,25,28-29H,3,7-9H2,1-2H3/b15-4+,20-5+. The molecule has 1 aliphatic rings. The fourth-order valence-electron chi connectivity index (χ4n) is 3.96. The normalized spacial score (nSPS) is 15.6. The third-order valence-corrected chi connectivity index (χ3v) is 5.74. The van der Waals surface area contributed by atoms with E-state index in [9.17, 15) is 0 Å². The van der Waals surface area contributed by atoms with Gasteiger partial charge in [-0.05, 0) is 50.1 Å². The van der Waals surface area contributed by atoms with E-state index < -0.39 is 0 Å². The van der Waals surface area contributed by atoms with Crippen molar-refractivity contribution >= 4 is 23.6 Å². The number of imidazole rings is 1. The Bertz CT molecular complexity index is 1430. The molecule has 0 spiro atoms. The van der Waals surface area contributed by atoms with Gasteiger partial charge in [-0.3, -0.25) is 10.1 Å². The van der Waals surface area contributed by atoms with Gasteiger partial charge in [0.05, 0.1) is 46.7 Å². The predicted molar refractivity (Wildman–Crippen MR) is 124 cm³/mol. The molecule has 4 aromatic rings. The molecule has 0 aromatic carbocycles. The summed E-state index contributed by atoms with van der Waals surface area (Å²) in [7, 11) is 0. The monoisotopic (exact) mass is 411 g/mol. The topological polar surface area (TPSA) is 87.2 Å². The highest BCUT2D eigenvalue weighted by molar-refractivity contribution is 5.91. The largest absolute Gasteiger partial charge is 0.352 e. The summed E-state index contributed by atoms with van der Waals surface area (Å²) in [6, 6.07) is 2.09. The Morgan fingerprint density at radius 2 is 2.19 bits per heavy atom. The minimum Gasteiger partial charge on any atom is -0.352 e. The third-order valence-electron chi connectivity index (χ3n) is 5.74. The molecule has 31 heavy (non-hydrogen) atoms. The lowest BCUT2D eigenvalue weighted by Gasteiger charge is -2.13. The third kappa shape index (κ3) is 3.64. The van der Waals surface area contributed by atoms with Crippen LogP contribution in [0.5, 0.6) is 0 Å². The molecule has 0 atom stereocenters. The highest BCUT2D eigenvalue weighted by Crippen LogP contribution is 2.25. The van der Waals surface area contributed by atoms with Crippen LogP contribution in [0.15, 0.2) is 54.3 Å². The highest BCUT2D eigenvalue weighted by Gasteiger charge is 2.12. The van der Waals surface area contributed by atoms with Crippen molar-refractivity contribution in [2.45, 2.75) is 20.3 Å². The van der Waals surface area contributed by atoms with E-state index in [2.05, 4.69) is 68.3 Å². The molecule has 0 saturated carbocycles. The first-order chi connectivity index (χ1) is 15.1. The van der Waals surface area contributed by atoms with Gasteiger partial charge in [0.25, 0.3) is 0 Å². The van der Waals surface area contributed by atoms with Gasteiger partial charge in [-0.15, -0.1) is 0 Å². The van der Waals surface area contributed by atoms with E-state index in [-0.39, 0.29) is 0 Å². The molecule has 156 valence electrons. The number of aromatic amines is 2. The molecule has 7 nitrogen and oxygen atoms in total. The van der Waals surface area contributed by atoms with Crippen LogP contribution >= 0.6 is 0 Å². The SMILES string of the molecule is C=c1c(-c2cc3c(-n4cnc(C)c4)cncc3[nH]2)n[nH]/c1=C/C=C(\C)C1=CCNCC1. The van der Waals surface area contributed by atoms with E-state index in [0.29, 0.717) is 0 Å². The molecule has 0 radical (unpaired) electrons. The number of aromatic nitrogens is 6. The predicted octanol–water partition coefficient (Wildman–Crippen LogP) is 2.50. The second kappa shape index (κ2) is 7.85. The maximum absolute atomic E-state index is 4.53. The maximum atomic E-state index is 4.53. The van der Waals surface area contributed by atoms with Crippen LogP contribution in [0.4, 0.5) is 0 Å². The van der Waals surface area contributed by atoms with Crippen LogP contribution in [0.25, 0.3) is 40.6 Å². The van der Waals surface area contributed by atoms with Gasteiger partial charge in [-0.1, -0.05) is 18.7 Å². The Kier molecular flexibility index (Phi) is 4.88. The van der Waals surface area contributed by atoms with Gasteiger partial charge in [0.1, 0.15) is 5.69 Å². The highest BCUT2D eigenvalue weighted by atomic mass is 15.1. The van der Waals surface area contributed by atoms with E-state index in [1.807, 2.05) is 30.1 Å². The van der Waals surface area contributed by atoms with Crippen molar-refractivity contribution in [2.75, 3.05) is 13.1 Å². The first kappa shape index (κ1) is 19.3. The number of hydrogen-bond acceptors (Lipinski definition) is 4. The number of nitrogens with zero attached hydrogens (tertiary/aromatic N) is 4. The number of hydrogen-bond donors (Lipinski definition) is 3. The molecule has 1 aliphatic heterocycles. The summed E-state index contributed by atoms with van der Waals surface area (Å²) in [5.41, 5.74) is 7.26. The van der Waals surface area contributed by atoms with Crippen LogP contribution in [-0.4, -0.2) is 42.8 Å². The molecule has 5 heterocycles. The van der Waals surface area contributed by atoms with Crippen LogP contribution in [0.2, 0.25) is 0 Å². The number of aryl methyl sites for hydroxylation is 1. The molecule has 4 aromatic heterocycles. The Hall–Kier alpha value is -3.71. The second-order valence-electron chi connectivity index (χ2n) is 7.89. The van der Waals surface area contributed by atoms with Crippen molar-refractivity contribution in [3.8, 4) is 17.1 Å². The van der Waals surface area contributed by atoms with E-state index in [1.165, 1.54) is 11.1 Å². The average molecular weight is 412 g/mol. The second-order valence-corrected chi connectivity index (χ2v) is 7.89. The van der Waals surface area contributed by atoms with E-state index in [1.54, 1.807) is 6.33 Å². The van der Waals surface area contributed by atoms with E-state index >= 15 is 0 Å². The van der Waals surface area contributed by atoms with Crippen molar-refractivity contribution in [1.82, 2.24) is 35.0 Å². The molecule has 5 rings (SSSR count). The van der Waals surface area contributed by atoms with E-state index in [4.69, 9.17) is 0 Å². The number of H-pyrrole nitrogens is 2. The number of rotatable bonds is 4. The minimum absolute atomic E-state index is 0.808. The van der Waals surface area contributed by atoms with E-state index in [0.717, 1.165) is 63.8 Å². The Morgan fingerprint density at radius 3 is 2.97 bits per heavy atom. The maximum Gasteiger partial charge on any atom is 0.116 e. The summed E-state index contributed by atoms with van der Waals surface area (Å²) < 4.78 is 1.99. The molecule has 7 heteroatoms. The summed E-state index contributed by atoms with van der Waals surface area (Å²) in [6.45, 7) is 10.4. The molecule has 3 N–H and O–H groups in total. The summed E-state index contributed by atoms with van der Waals surface area (Å²) in [5, 5.41) is 13.8. The lowest BCUT2D eigenvalue weighted by Crippen LogP contribution is -2.22. The fraction of sp³-hybridized carbons (Fsp3) is 0.208. The number of allylic oxidation sites excluding steroid dienone is 2. The lowest BCUT2D eigenvalue weighted by atomic mass is 10.0. The summed E-state index contributed by atoms with van der Waals surface area (Å²) in [5.74, 6) is 0. The van der Waals surface area contributed by atoms with Crippen LogP contribution < -0.4 is 15.9 Å². The van der Waals surface area contributed by atoms with Gasteiger partial charge in [-0.2, -0.15) is 5.10 Å². The van der Waals surface area contributed by atoms with Crippen LogP contribution in [-0.2, 0) is 0 Å². The molecular weight excluding hydrogens is 386 g/mol. The van der Waals surface area contributed by atoms with Crippen molar-refractivity contribution in [3.05, 3.63) is 70.5 Å². The zero-order valence-electron chi connectivity index (χ0n) is 17.7. The van der Waals surface area contributed by atoms with Crippen LogP contribution in [0, 0.1) is 6.92 Å². The first-order valence-corrected chi connectivity index (χ1v) is 10.4. The van der Waals surface area contributed by atoms with Crippen molar-refractivity contribution < 1.29 is 0 Å². The Balaban J connectivity index is 1.52. The van der Waals surface area contributed by atoms with Crippen molar-refractivity contribution in [2.24, 2.45) is 0 Å². The summed E-state index contributed by atoms with van der Waals surface area (Å²) in [4.78, 5) is 12.1. The molecule has 0 aliphatic carbocycles. The van der Waals surface area contributed by atoms with Gasteiger partial charge in [0.15, 0.2) is 0 Å². The van der Waals surface area contributed by atoms with Crippen molar-refractivity contribution in [1.29, 1.82) is 0 Å². The molecule has 0 fully saturated rings. The van der Waals surface area contributed by atoms with Gasteiger partial charge in [-0.25, -0.2) is 4.98 Å².